The van der Waals surface area contributed by atoms with Crippen LogP contribution in [0.2, 0.25) is 0 Å². The lowest BCUT2D eigenvalue weighted by Gasteiger charge is -2.41. The third kappa shape index (κ3) is 6.84. The van der Waals surface area contributed by atoms with Gasteiger partial charge in [0.2, 0.25) is 6.10 Å². The van der Waals surface area contributed by atoms with Gasteiger partial charge in [0, 0.05) is 5.56 Å². The second-order valence-electron chi connectivity index (χ2n) is 6.11. The Morgan fingerprint density at radius 2 is 1.72 bits per heavy atom. The number of carbonyl (C=O) groups excluding carboxylic acids is 1. The summed E-state index contributed by atoms with van der Waals surface area (Å²) in [5.74, 6) is -2.45. The fourth-order valence-corrected chi connectivity index (χ4v) is 3.05. The van der Waals surface area contributed by atoms with E-state index >= 15 is 0 Å². The summed E-state index contributed by atoms with van der Waals surface area (Å²) in [4.78, 5) is 23.5. The fraction of sp³-hybridized carbons (Fsp3) is 0.400. The molecule has 0 aromatic heterocycles. The number of esters is 1. The zero-order valence-electron chi connectivity index (χ0n) is 15.5. The summed E-state index contributed by atoms with van der Waals surface area (Å²) in [6, 6.07) is 0.0426. The van der Waals surface area contributed by atoms with Gasteiger partial charge in [-0.25, -0.2) is 4.79 Å². The minimum atomic E-state index is -10.1. The summed E-state index contributed by atoms with van der Waals surface area (Å²) < 4.78 is 119. The van der Waals surface area contributed by atoms with E-state index in [0.29, 0.717) is 12.1 Å². The molecule has 182 valence electrons. The normalized spacial score (nSPS) is 18.4. The lowest BCUT2D eigenvalue weighted by molar-refractivity contribution is -0.758. The summed E-state index contributed by atoms with van der Waals surface area (Å²) in [6.45, 7) is -1.85. The highest BCUT2D eigenvalue weighted by molar-refractivity contribution is 8.45. The van der Waals surface area contributed by atoms with Crippen molar-refractivity contribution < 1.29 is 61.5 Å². The largest absolute Gasteiger partial charge is 0.475 e. The minimum Gasteiger partial charge on any atom is -0.475 e. The number of hydrogen-bond acceptors (Lipinski definition) is 7. The van der Waals surface area contributed by atoms with Crippen LogP contribution in [-0.2, 0) is 19.1 Å². The maximum atomic E-state index is 13.3. The van der Waals surface area contributed by atoms with Gasteiger partial charge in [-0.1, -0.05) is 19.4 Å². The van der Waals surface area contributed by atoms with Crippen molar-refractivity contribution in [3.05, 3.63) is 39.4 Å². The molecule has 1 heterocycles. The molecule has 0 fully saturated rings. The third-order valence-electron chi connectivity index (χ3n) is 3.68. The number of halogens is 8. The Labute approximate surface area is 173 Å². The average molecular weight is 503 g/mol. The highest BCUT2D eigenvalue weighted by Crippen LogP contribution is 3.02. The molecule has 1 aromatic rings. The topological polar surface area (TPSA) is 97.1 Å². The standard InChI is InChI=1S/C15H13F8NO7S/c16-15(17,18)13-11(14(25)29-5-3-28-4-6-30-24(26)27)8-9-7-10(1-2-12(9)31-13)32(19,20,21,22)23/h1-2,7-8,13H,3-6H2/t13-/m0/s1. The fourth-order valence-electron chi connectivity index (χ4n) is 2.38. The highest BCUT2D eigenvalue weighted by atomic mass is 32.5. The molecule has 1 aromatic carbocycles. The van der Waals surface area contributed by atoms with Crippen molar-refractivity contribution >= 4 is 22.3 Å². The molecule has 0 aliphatic carbocycles. The summed E-state index contributed by atoms with van der Waals surface area (Å²) in [6.07, 6.45) is -7.81. The van der Waals surface area contributed by atoms with E-state index in [4.69, 9.17) is 4.74 Å². The number of benzene rings is 1. The summed E-state index contributed by atoms with van der Waals surface area (Å²) in [5, 5.41) is 8.81. The Morgan fingerprint density at radius 3 is 2.28 bits per heavy atom. The predicted molar refractivity (Wildman–Crippen MR) is 91.0 cm³/mol. The second-order valence-corrected chi connectivity index (χ2v) is 8.52. The van der Waals surface area contributed by atoms with E-state index in [2.05, 4.69) is 14.3 Å². The van der Waals surface area contributed by atoms with Gasteiger partial charge in [-0.2, -0.15) is 13.2 Å². The van der Waals surface area contributed by atoms with E-state index in [9.17, 15) is 47.5 Å². The van der Waals surface area contributed by atoms with Crippen molar-refractivity contribution in [3.63, 3.8) is 0 Å². The summed E-state index contributed by atoms with van der Waals surface area (Å²) >= 11 is 0. The molecular weight excluding hydrogens is 490 g/mol. The van der Waals surface area contributed by atoms with Crippen molar-refractivity contribution in [2.45, 2.75) is 17.2 Å². The minimum absolute atomic E-state index is 0.120. The summed E-state index contributed by atoms with van der Waals surface area (Å²) in [7, 11) is -10.1. The van der Waals surface area contributed by atoms with Gasteiger partial charge < -0.3 is 19.0 Å². The van der Waals surface area contributed by atoms with Gasteiger partial charge in [0.25, 0.3) is 5.09 Å². The van der Waals surface area contributed by atoms with Crippen molar-refractivity contribution in [1.82, 2.24) is 0 Å². The van der Waals surface area contributed by atoms with Crippen LogP contribution < -0.4 is 4.74 Å². The Balaban J connectivity index is 2.19. The van der Waals surface area contributed by atoms with Crippen molar-refractivity contribution in [2.24, 2.45) is 0 Å². The molecule has 0 saturated carbocycles. The van der Waals surface area contributed by atoms with Crippen LogP contribution in [-0.4, -0.2) is 49.8 Å². The smallest absolute Gasteiger partial charge is 0.430 e. The molecule has 8 nitrogen and oxygen atoms in total. The molecule has 0 spiro atoms. The van der Waals surface area contributed by atoms with Gasteiger partial charge in [-0.3, -0.25) is 0 Å². The first-order valence-corrected chi connectivity index (χ1v) is 10.2. The van der Waals surface area contributed by atoms with Gasteiger partial charge in [0.05, 0.1) is 18.8 Å². The number of hydrogen-bond donors (Lipinski definition) is 0. The van der Waals surface area contributed by atoms with Crippen LogP contribution in [0.3, 0.4) is 0 Å². The van der Waals surface area contributed by atoms with Gasteiger partial charge in [0.15, 0.2) is 0 Å². The van der Waals surface area contributed by atoms with Crippen LogP contribution >= 0.6 is 10.2 Å². The highest BCUT2D eigenvalue weighted by Gasteiger charge is 2.65. The number of fused-ring (bicyclic) bond motifs is 1. The third-order valence-corrected chi connectivity index (χ3v) is 4.83. The predicted octanol–water partition coefficient (Wildman–Crippen LogP) is 4.82. The van der Waals surface area contributed by atoms with Crippen LogP contribution in [0.5, 0.6) is 5.75 Å². The molecule has 1 aliphatic heterocycles. The molecule has 0 radical (unpaired) electrons. The van der Waals surface area contributed by atoms with Gasteiger partial charge in [-0.15, -0.1) is 10.1 Å². The maximum Gasteiger partial charge on any atom is 0.430 e. The molecule has 0 saturated heterocycles. The number of rotatable bonds is 9. The maximum absolute atomic E-state index is 13.3. The van der Waals surface area contributed by atoms with Crippen LogP contribution in [0.15, 0.2) is 28.7 Å². The van der Waals surface area contributed by atoms with E-state index in [1.807, 2.05) is 0 Å². The van der Waals surface area contributed by atoms with Crippen LogP contribution in [0.4, 0.5) is 32.6 Å². The van der Waals surface area contributed by atoms with E-state index in [-0.39, 0.29) is 18.7 Å². The van der Waals surface area contributed by atoms with Gasteiger partial charge >= 0.3 is 22.4 Å². The molecule has 1 atom stereocenters. The molecule has 0 amide bonds. The molecule has 2 rings (SSSR count). The van der Waals surface area contributed by atoms with E-state index < -0.39 is 75.2 Å². The van der Waals surface area contributed by atoms with Gasteiger partial charge in [0.1, 0.15) is 23.9 Å². The zero-order valence-corrected chi connectivity index (χ0v) is 16.3. The summed E-state index contributed by atoms with van der Waals surface area (Å²) in [5.41, 5.74) is -2.11. The first kappa shape index (κ1) is 25.4. The van der Waals surface area contributed by atoms with Crippen molar-refractivity contribution in [3.8, 4) is 5.75 Å². The SMILES string of the molecule is O=C(OCCOCCO[N+](=O)[O-])C1=Cc2cc(S(F)(F)(F)(F)F)ccc2O[C@@H]1C(F)(F)F. The van der Waals surface area contributed by atoms with Crippen molar-refractivity contribution in [2.75, 3.05) is 26.4 Å². The molecule has 32 heavy (non-hydrogen) atoms. The number of alkyl halides is 3. The Kier molecular flexibility index (Phi) is 6.32. The lowest BCUT2D eigenvalue weighted by Crippen LogP contribution is -2.41. The molecule has 0 unspecified atom stereocenters. The van der Waals surface area contributed by atoms with Crippen molar-refractivity contribution in [1.29, 1.82) is 0 Å². The molecule has 0 bridgehead atoms. The van der Waals surface area contributed by atoms with Crippen LogP contribution in [0.25, 0.3) is 6.08 Å². The zero-order chi connectivity index (χ0) is 24.4. The molecular formula is C15H13F8NO7S. The van der Waals surface area contributed by atoms with E-state index in [0.717, 1.165) is 0 Å². The quantitative estimate of drug-likeness (QED) is 0.157. The average Bonchev–Trinajstić information content (AvgIpc) is 2.62. The van der Waals surface area contributed by atoms with Crippen LogP contribution in [0, 0.1) is 10.1 Å². The number of ether oxygens (including phenoxy) is 3. The Morgan fingerprint density at radius 1 is 1.09 bits per heavy atom. The monoisotopic (exact) mass is 503 g/mol. The first-order valence-electron chi connectivity index (χ1n) is 8.24. The Hall–Kier alpha value is -2.82. The number of nitrogens with zero attached hydrogens (tertiary/aromatic N) is 1. The number of carbonyl (C=O) groups is 1. The lowest BCUT2D eigenvalue weighted by atomic mass is 10.0. The van der Waals surface area contributed by atoms with Crippen LogP contribution in [0.1, 0.15) is 5.56 Å². The van der Waals surface area contributed by atoms with E-state index in [1.165, 1.54) is 0 Å². The molecule has 17 heteroatoms. The molecule has 1 aliphatic rings. The van der Waals surface area contributed by atoms with E-state index in [1.54, 1.807) is 0 Å². The Bertz CT molecular complexity index is 933. The first-order chi connectivity index (χ1) is 14.4. The second kappa shape index (κ2) is 7.95. The van der Waals surface area contributed by atoms with Gasteiger partial charge in [-0.05, 0) is 24.3 Å². The molecule has 0 N–H and O–H groups in total.